The van der Waals surface area contributed by atoms with E-state index in [4.69, 9.17) is 4.74 Å². The van der Waals surface area contributed by atoms with Crippen LogP contribution in [0.1, 0.15) is 26.3 Å². The average Bonchev–Trinajstić information content (AvgIpc) is 2.62. The van der Waals surface area contributed by atoms with Crippen LogP contribution >= 0.6 is 0 Å². The minimum Gasteiger partial charge on any atom is -0.378 e. The van der Waals surface area contributed by atoms with Gasteiger partial charge in [0.05, 0.1) is 19.6 Å². The number of likely N-dealkylation sites (N-methyl/N-ethyl adjacent to an activating group) is 1. The fourth-order valence-electron chi connectivity index (χ4n) is 3.13. The second kappa shape index (κ2) is 9.64. The summed E-state index contributed by atoms with van der Waals surface area (Å²) in [6, 6.07) is 8.68. The molecule has 1 unspecified atom stereocenters. The van der Waals surface area contributed by atoms with Crippen LogP contribution in [-0.4, -0.2) is 62.8 Å². The van der Waals surface area contributed by atoms with Gasteiger partial charge in [0.2, 0.25) is 5.91 Å². The number of anilines is 1. The first kappa shape index (κ1) is 18.7. The van der Waals surface area contributed by atoms with Gasteiger partial charge in [0, 0.05) is 31.4 Å². The van der Waals surface area contributed by atoms with E-state index in [0.717, 1.165) is 45.0 Å². The van der Waals surface area contributed by atoms with E-state index in [2.05, 4.69) is 60.2 Å². The third kappa shape index (κ3) is 5.49. The topological polar surface area (TPSA) is 44.8 Å². The Bertz CT molecular complexity index is 494. The van der Waals surface area contributed by atoms with Crippen LogP contribution in [0.25, 0.3) is 0 Å². The van der Waals surface area contributed by atoms with Crippen molar-refractivity contribution < 1.29 is 9.53 Å². The molecule has 1 atom stereocenters. The van der Waals surface area contributed by atoms with Crippen molar-refractivity contribution in [3.63, 3.8) is 0 Å². The molecule has 1 amide bonds. The zero-order chi connectivity index (χ0) is 17.4. The lowest BCUT2D eigenvalue weighted by Gasteiger charge is -2.29. The van der Waals surface area contributed by atoms with Crippen molar-refractivity contribution in [1.29, 1.82) is 0 Å². The number of carbonyl (C=O) groups is 1. The van der Waals surface area contributed by atoms with Gasteiger partial charge in [-0.05, 0) is 37.7 Å². The summed E-state index contributed by atoms with van der Waals surface area (Å²) in [5, 5.41) is 3.05. The maximum absolute atomic E-state index is 12.1. The minimum absolute atomic E-state index is 0.0909. The predicted molar refractivity (Wildman–Crippen MR) is 98.6 cm³/mol. The molecular weight excluding hydrogens is 302 g/mol. The predicted octanol–water partition coefficient (Wildman–Crippen LogP) is 1.91. The number of nitrogens with zero attached hydrogens (tertiary/aromatic N) is 2. The fraction of sp³-hybridized carbons (Fsp3) is 0.632. The fourth-order valence-corrected chi connectivity index (χ4v) is 3.13. The van der Waals surface area contributed by atoms with E-state index >= 15 is 0 Å². The van der Waals surface area contributed by atoms with E-state index in [1.807, 2.05) is 0 Å². The molecule has 1 aromatic carbocycles. The lowest BCUT2D eigenvalue weighted by Crippen LogP contribution is -2.42. The third-order valence-corrected chi connectivity index (χ3v) is 4.71. The van der Waals surface area contributed by atoms with Crippen LogP contribution in [-0.2, 0) is 16.0 Å². The molecule has 1 aliphatic rings. The number of benzene rings is 1. The molecule has 2 rings (SSSR count). The van der Waals surface area contributed by atoms with Crippen molar-refractivity contribution in [1.82, 2.24) is 10.2 Å². The van der Waals surface area contributed by atoms with E-state index in [1.54, 1.807) is 0 Å². The van der Waals surface area contributed by atoms with Gasteiger partial charge in [-0.2, -0.15) is 0 Å². The molecule has 0 aromatic heterocycles. The first-order valence-corrected chi connectivity index (χ1v) is 9.06. The van der Waals surface area contributed by atoms with E-state index in [1.165, 1.54) is 5.69 Å². The van der Waals surface area contributed by atoms with Gasteiger partial charge in [0.25, 0.3) is 0 Å². The molecule has 5 nitrogen and oxygen atoms in total. The van der Waals surface area contributed by atoms with Crippen LogP contribution in [0.3, 0.4) is 0 Å². The molecule has 1 aliphatic heterocycles. The van der Waals surface area contributed by atoms with Crippen molar-refractivity contribution in [2.75, 3.05) is 50.8 Å². The van der Waals surface area contributed by atoms with Gasteiger partial charge in [-0.15, -0.1) is 0 Å². The third-order valence-electron chi connectivity index (χ3n) is 4.71. The highest BCUT2D eigenvalue weighted by atomic mass is 16.5. The summed E-state index contributed by atoms with van der Waals surface area (Å²) >= 11 is 0. The van der Waals surface area contributed by atoms with Gasteiger partial charge < -0.3 is 15.0 Å². The molecule has 0 saturated carbocycles. The number of ether oxygens (including phenoxy) is 1. The second-order valence-electron chi connectivity index (χ2n) is 6.32. The molecule has 0 bridgehead atoms. The highest BCUT2D eigenvalue weighted by Crippen LogP contribution is 2.16. The monoisotopic (exact) mass is 333 g/mol. The molecule has 1 heterocycles. The first-order chi connectivity index (χ1) is 11.6. The highest BCUT2D eigenvalue weighted by Gasteiger charge is 2.13. The molecule has 1 N–H and O–H groups in total. The summed E-state index contributed by atoms with van der Waals surface area (Å²) in [7, 11) is 0. The summed E-state index contributed by atoms with van der Waals surface area (Å²) in [5.41, 5.74) is 2.26. The second-order valence-corrected chi connectivity index (χ2v) is 6.32. The molecule has 5 heteroatoms. The summed E-state index contributed by atoms with van der Waals surface area (Å²) in [6.07, 6.45) is 0.439. The van der Waals surface area contributed by atoms with Crippen LogP contribution in [0.5, 0.6) is 0 Å². The zero-order valence-electron chi connectivity index (χ0n) is 15.3. The van der Waals surface area contributed by atoms with Gasteiger partial charge in [0.15, 0.2) is 0 Å². The normalized spacial score (nSPS) is 16.2. The maximum atomic E-state index is 12.1. The summed E-state index contributed by atoms with van der Waals surface area (Å²) in [4.78, 5) is 16.8. The van der Waals surface area contributed by atoms with Gasteiger partial charge in [-0.1, -0.05) is 26.0 Å². The summed E-state index contributed by atoms with van der Waals surface area (Å²) in [6.45, 7) is 12.6. The largest absolute Gasteiger partial charge is 0.378 e. The Kier molecular flexibility index (Phi) is 7.53. The number of nitrogens with one attached hydrogen (secondary N) is 1. The number of rotatable bonds is 8. The smallest absolute Gasteiger partial charge is 0.224 e. The quantitative estimate of drug-likeness (QED) is 0.789. The highest BCUT2D eigenvalue weighted by molar-refractivity contribution is 5.78. The Balaban J connectivity index is 1.79. The Hall–Kier alpha value is -1.59. The van der Waals surface area contributed by atoms with Crippen LogP contribution in [0.4, 0.5) is 5.69 Å². The van der Waals surface area contributed by atoms with Crippen molar-refractivity contribution in [3.05, 3.63) is 29.8 Å². The van der Waals surface area contributed by atoms with Crippen molar-refractivity contribution in [2.24, 2.45) is 0 Å². The zero-order valence-corrected chi connectivity index (χ0v) is 15.3. The van der Waals surface area contributed by atoms with Crippen molar-refractivity contribution in [2.45, 2.75) is 33.2 Å². The van der Waals surface area contributed by atoms with Gasteiger partial charge in [0.1, 0.15) is 0 Å². The van der Waals surface area contributed by atoms with Crippen LogP contribution in [0.15, 0.2) is 24.3 Å². The summed E-state index contributed by atoms with van der Waals surface area (Å²) < 4.78 is 5.38. The number of carbonyl (C=O) groups excluding carboxylic acids is 1. The van der Waals surface area contributed by atoms with Crippen LogP contribution in [0.2, 0.25) is 0 Å². The van der Waals surface area contributed by atoms with E-state index in [9.17, 15) is 4.79 Å². The van der Waals surface area contributed by atoms with Crippen molar-refractivity contribution >= 4 is 11.6 Å². The Morgan fingerprint density at radius 3 is 2.42 bits per heavy atom. The minimum atomic E-state index is 0.0909. The molecule has 1 saturated heterocycles. The van der Waals surface area contributed by atoms with Crippen molar-refractivity contribution in [3.8, 4) is 0 Å². The molecular formula is C19H31N3O2. The molecule has 0 spiro atoms. The lowest BCUT2D eigenvalue weighted by molar-refractivity contribution is -0.120. The molecule has 0 aliphatic carbocycles. The van der Waals surface area contributed by atoms with Gasteiger partial charge in [-0.3, -0.25) is 9.69 Å². The lowest BCUT2D eigenvalue weighted by atomic mass is 10.1. The Morgan fingerprint density at radius 2 is 1.83 bits per heavy atom. The van der Waals surface area contributed by atoms with E-state index in [0.29, 0.717) is 19.0 Å². The first-order valence-electron chi connectivity index (χ1n) is 9.06. The number of hydrogen-bond acceptors (Lipinski definition) is 4. The number of amides is 1. The average molecular weight is 333 g/mol. The summed E-state index contributed by atoms with van der Waals surface area (Å²) in [5.74, 6) is 0.0909. The van der Waals surface area contributed by atoms with Gasteiger partial charge in [-0.25, -0.2) is 0 Å². The molecule has 0 radical (unpaired) electrons. The Labute approximate surface area is 146 Å². The SMILES string of the molecule is CCN(CC)C(C)CNC(=O)Cc1ccc(N2CCOCC2)cc1. The molecule has 134 valence electrons. The van der Waals surface area contributed by atoms with E-state index in [-0.39, 0.29) is 5.91 Å². The molecule has 24 heavy (non-hydrogen) atoms. The molecule has 1 fully saturated rings. The number of hydrogen-bond donors (Lipinski definition) is 1. The standard InChI is InChI=1S/C19H31N3O2/c1-4-21(5-2)16(3)15-20-19(23)14-17-6-8-18(9-7-17)22-10-12-24-13-11-22/h6-9,16H,4-5,10-15H2,1-3H3,(H,20,23). The Morgan fingerprint density at radius 1 is 1.21 bits per heavy atom. The molecule has 1 aromatic rings. The maximum Gasteiger partial charge on any atom is 0.224 e. The van der Waals surface area contributed by atoms with E-state index < -0.39 is 0 Å². The van der Waals surface area contributed by atoms with Gasteiger partial charge >= 0.3 is 0 Å². The van der Waals surface area contributed by atoms with Crippen LogP contribution < -0.4 is 10.2 Å². The number of morpholine rings is 1. The van der Waals surface area contributed by atoms with Crippen LogP contribution in [0, 0.1) is 0 Å².